The highest BCUT2D eigenvalue weighted by molar-refractivity contribution is 8.16. The lowest BCUT2D eigenvalue weighted by atomic mass is 9.92. The van der Waals surface area contributed by atoms with Gasteiger partial charge in [-0.25, -0.2) is 9.79 Å². The molecule has 0 saturated heterocycles. The maximum Gasteiger partial charge on any atom is 0.338 e. The zero-order valence-corrected chi connectivity index (χ0v) is 22.5. The summed E-state index contributed by atoms with van der Waals surface area (Å²) in [5.41, 5.74) is 3.66. The highest BCUT2D eigenvalue weighted by Crippen LogP contribution is 2.46. The summed E-state index contributed by atoms with van der Waals surface area (Å²) >= 11 is 1.44. The van der Waals surface area contributed by atoms with Crippen molar-refractivity contribution >= 4 is 28.8 Å². The Morgan fingerprint density at radius 2 is 1.79 bits per heavy atom. The molecule has 1 atom stereocenters. The van der Waals surface area contributed by atoms with Crippen LogP contribution in [0.3, 0.4) is 0 Å². The van der Waals surface area contributed by atoms with Crippen molar-refractivity contribution in [1.82, 2.24) is 15.2 Å². The van der Waals surface area contributed by atoms with Crippen molar-refractivity contribution in [3.8, 4) is 11.5 Å². The summed E-state index contributed by atoms with van der Waals surface area (Å²) in [4.78, 5) is 36.9. The van der Waals surface area contributed by atoms with Crippen molar-refractivity contribution in [1.29, 1.82) is 0 Å². The van der Waals surface area contributed by atoms with Gasteiger partial charge in [-0.1, -0.05) is 49.0 Å². The van der Waals surface area contributed by atoms with Crippen molar-refractivity contribution in [3.63, 3.8) is 0 Å². The average Bonchev–Trinajstić information content (AvgIpc) is 3.37. The third kappa shape index (κ3) is 5.88. The van der Waals surface area contributed by atoms with E-state index in [-0.39, 0.29) is 12.3 Å². The first kappa shape index (κ1) is 26.2. The van der Waals surface area contributed by atoms with Gasteiger partial charge in [0.25, 0.3) is 0 Å². The molecule has 1 N–H and O–H groups in total. The van der Waals surface area contributed by atoms with Crippen LogP contribution >= 0.6 is 11.8 Å². The number of amidine groups is 1. The Bertz CT molecular complexity index is 1450. The Morgan fingerprint density at radius 1 is 1.03 bits per heavy atom. The van der Waals surface area contributed by atoms with E-state index in [1.54, 1.807) is 12.4 Å². The maximum absolute atomic E-state index is 13.2. The molecule has 3 heterocycles. The topological polar surface area (TPSA) is 93.1 Å². The fourth-order valence-corrected chi connectivity index (χ4v) is 5.47. The minimum atomic E-state index is -0.534. The predicted molar refractivity (Wildman–Crippen MR) is 151 cm³/mol. The summed E-state index contributed by atoms with van der Waals surface area (Å²) in [5, 5.41) is 5.62. The number of aromatic nitrogens is 1. The highest BCUT2D eigenvalue weighted by Gasteiger charge is 2.41. The van der Waals surface area contributed by atoms with Gasteiger partial charge < -0.3 is 19.7 Å². The number of methoxy groups -OCH3 is 1. The molecule has 0 radical (unpaired) electrons. The SMILES string of the molecule is CCC1=C(C(=O)OC)C(c2cccc(Oc3ccccc3)c2)N2C(CC(=O)NCc3ccncc3)=CSC2=N1. The number of nitrogens with one attached hydrogen (secondary N) is 1. The lowest BCUT2D eigenvalue weighted by Crippen LogP contribution is -2.38. The van der Waals surface area contributed by atoms with Gasteiger partial charge in [0, 0.05) is 24.6 Å². The number of aliphatic imine (C=N–C) groups is 1. The summed E-state index contributed by atoms with van der Waals surface area (Å²) < 4.78 is 11.3. The standard InChI is InChI=1S/C30H28N4O4S/c1-3-25-27(29(36)37-2)28(21-8-7-11-24(16-21)38-23-9-5-4-6-10-23)34-22(19-39-30(34)33-25)17-26(35)32-18-20-12-14-31-15-13-20/h4-16,19,28H,3,17-18H2,1-2H3,(H,32,35). The third-order valence-corrected chi connectivity index (χ3v) is 7.25. The molecule has 1 unspecified atom stereocenters. The number of para-hydroxylation sites is 1. The molecule has 2 aliphatic rings. The molecule has 0 spiro atoms. The van der Waals surface area contributed by atoms with Gasteiger partial charge in [-0.15, -0.1) is 0 Å². The number of fused-ring (bicyclic) bond motifs is 1. The van der Waals surface area contributed by atoms with Gasteiger partial charge in [0.05, 0.1) is 30.8 Å². The number of rotatable bonds is 9. The Labute approximate surface area is 231 Å². The van der Waals surface area contributed by atoms with Crippen LogP contribution in [-0.4, -0.2) is 34.0 Å². The quantitative estimate of drug-likeness (QED) is 0.347. The number of carbonyl (C=O) groups excluding carboxylic acids is 2. The number of pyridine rings is 1. The molecule has 8 nitrogen and oxygen atoms in total. The second-order valence-electron chi connectivity index (χ2n) is 8.90. The number of ether oxygens (including phenoxy) is 2. The number of carbonyl (C=O) groups is 2. The molecule has 198 valence electrons. The number of hydrogen-bond acceptors (Lipinski definition) is 8. The van der Waals surface area contributed by atoms with Gasteiger partial charge in [-0.3, -0.25) is 9.78 Å². The Morgan fingerprint density at radius 3 is 2.54 bits per heavy atom. The fourth-order valence-electron chi connectivity index (χ4n) is 4.53. The molecule has 1 aromatic heterocycles. The van der Waals surface area contributed by atoms with E-state index in [9.17, 15) is 9.59 Å². The van der Waals surface area contributed by atoms with Gasteiger partial charge >= 0.3 is 5.97 Å². The van der Waals surface area contributed by atoms with Gasteiger partial charge in [-0.05, 0) is 59.4 Å². The van der Waals surface area contributed by atoms with Crippen LogP contribution in [0, 0.1) is 0 Å². The minimum absolute atomic E-state index is 0.129. The molecule has 39 heavy (non-hydrogen) atoms. The zero-order valence-electron chi connectivity index (χ0n) is 21.7. The van der Waals surface area contributed by atoms with Crippen molar-refractivity contribution in [2.75, 3.05) is 7.11 Å². The van der Waals surface area contributed by atoms with Crippen molar-refractivity contribution in [2.24, 2.45) is 4.99 Å². The molecule has 0 fully saturated rings. The highest BCUT2D eigenvalue weighted by atomic mass is 32.2. The molecular formula is C30H28N4O4S. The number of allylic oxidation sites excluding steroid dienone is 1. The van der Waals surface area contributed by atoms with Crippen molar-refractivity contribution in [3.05, 3.63) is 113 Å². The number of benzene rings is 2. The molecular weight excluding hydrogens is 512 g/mol. The lowest BCUT2D eigenvalue weighted by Gasteiger charge is -2.36. The molecule has 5 rings (SSSR count). The van der Waals surface area contributed by atoms with Crippen LogP contribution in [0.2, 0.25) is 0 Å². The molecule has 3 aromatic rings. The molecule has 2 aliphatic heterocycles. The lowest BCUT2D eigenvalue weighted by molar-refractivity contribution is -0.136. The van der Waals surface area contributed by atoms with Gasteiger partial charge in [-0.2, -0.15) is 0 Å². The molecule has 0 bridgehead atoms. The summed E-state index contributed by atoms with van der Waals surface area (Å²) in [5.74, 6) is 0.760. The normalized spacial score (nSPS) is 16.3. The zero-order chi connectivity index (χ0) is 27.2. The molecule has 0 aliphatic carbocycles. The van der Waals surface area contributed by atoms with E-state index in [4.69, 9.17) is 14.5 Å². The summed E-state index contributed by atoms with van der Waals surface area (Å²) in [6.45, 7) is 2.36. The van der Waals surface area contributed by atoms with Crippen LogP contribution in [0.5, 0.6) is 11.5 Å². The fraction of sp³-hybridized carbons (Fsp3) is 0.200. The molecule has 0 saturated carbocycles. The first-order chi connectivity index (χ1) is 19.1. The van der Waals surface area contributed by atoms with Crippen LogP contribution < -0.4 is 10.1 Å². The number of nitrogens with zero attached hydrogens (tertiary/aromatic N) is 3. The largest absolute Gasteiger partial charge is 0.466 e. The smallest absolute Gasteiger partial charge is 0.338 e. The van der Waals surface area contributed by atoms with E-state index in [2.05, 4.69) is 10.3 Å². The Hall–Kier alpha value is -4.37. The van der Waals surface area contributed by atoms with Crippen LogP contribution in [-0.2, 0) is 20.9 Å². The number of esters is 1. The van der Waals surface area contributed by atoms with Crippen LogP contribution in [0.4, 0.5) is 0 Å². The second-order valence-corrected chi connectivity index (χ2v) is 9.73. The van der Waals surface area contributed by atoms with E-state index in [0.717, 1.165) is 22.0 Å². The van der Waals surface area contributed by atoms with Crippen LogP contribution in [0.25, 0.3) is 0 Å². The van der Waals surface area contributed by atoms with Crippen molar-refractivity contribution < 1.29 is 19.1 Å². The van der Waals surface area contributed by atoms with Crippen LogP contribution in [0.15, 0.2) is 106 Å². The van der Waals surface area contributed by atoms with E-state index < -0.39 is 12.0 Å². The van der Waals surface area contributed by atoms with Crippen LogP contribution in [0.1, 0.15) is 36.9 Å². The molecule has 9 heteroatoms. The molecule has 1 amide bonds. The number of amides is 1. The van der Waals surface area contributed by atoms with E-state index in [0.29, 0.717) is 35.7 Å². The Balaban J connectivity index is 1.46. The summed E-state index contributed by atoms with van der Waals surface area (Å²) in [7, 11) is 1.37. The van der Waals surface area contributed by atoms with E-state index >= 15 is 0 Å². The first-order valence-corrected chi connectivity index (χ1v) is 13.5. The first-order valence-electron chi connectivity index (χ1n) is 12.6. The van der Waals surface area contributed by atoms with Gasteiger partial charge in [0.1, 0.15) is 11.5 Å². The number of thioether (sulfide) groups is 1. The Kier molecular flexibility index (Phi) is 8.07. The van der Waals surface area contributed by atoms with E-state index in [1.165, 1.54) is 18.9 Å². The summed E-state index contributed by atoms with van der Waals surface area (Å²) in [6, 6.07) is 20.3. The van der Waals surface area contributed by atoms with Gasteiger partial charge in [0.2, 0.25) is 5.91 Å². The average molecular weight is 541 g/mol. The van der Waals surface area contributed by atoms with E-state index in [1.807, 2.05) is 84.0 Å². The minimum Gasteiger partial charge on any atom is -0.466 e. The number of hydrogen-bond donors (Lipinski definition) is 1. The molecule has 2 aromatic carbocycles. The predicted octanol–water partition coefficient (Wildman–Crippen LogP) is 5.72. The second kappa shape index (κ2) is 12.0. The van der Waals surface area contributed by atoms with Gasteiger partial charge in [0.15, 0.2) is 5.17 Å². The van der Waals surface area contributed by atoms with Crippen molar-refractivity contribution in [2.45, 2.75) is 32.4 Å². The monoisotopic (exact) mass is 540 g/mol. The maximum atomic E-state index is 13.2. The third-order valence-electron chi connectivity index (χ3n) is 6.36. The summed E-state index contributed by atoms with van der Waals surface area (Å²) in [6.07, 6.45) is 4.07.